The van der Waals surface area contributed by atoms with Crippen LogP contribution in [0.15, 0.2) is 48.5 Å². The van der Waals surface area contributed by atoms with E-state index in [-0.39, 0.29) is 36.8 Å². The van der Waals surface area contributed by atoms with Crippen molar-refractivity contribution in [2.75, 3.05) is 13.2 Å². The molecule has 4 rings (SSSR count). The summed E-state index contributed by atoms with van der Waals surface area (Å²) in [6, 6.07) is 15.5. The summed E-state index contributed by atoms with van der Waals surface area (Å²) in [5.74, 6) is -1.74. The molecule has 1 saturated carbocycles. The minimum atomic E-state index is -0.929. The van der Waals surface area contributed by atoms with E-state index in [0.717, 1.165) is 35.1 Å². The van der Waals surface area contributed by atoms with Gasteiger partial charge in [0.1, 0.15) is 12.6 Å². The number of hydrogen-bond acceptors (Lipinski definition) is 4. The first-order chi connectivity index (χ1) is 16.3. The van der Waals surface area contributed by atoms with Crippen molar-refractivity contribution in [1.82, 2.24) is 10.6 Å². The molecule has 0 heterocycles. The van der Waals surface area contributed by atoms with Gasteiger partial charge in [-0.2, -0.15) is 0 Å². The molecule has 0 aliphatic heterocycles. The van der Waals surface area contributed by atoms with Gasteiger partial charge in [0.2, 0.25) is 5.91 Å². The topological polar surface area (TPSA) is 105 Å². The van der Waals surface area contributed by atoms with Crippen LogP contribution in [0, 0.1) is 17.8 Å². The minimum Gasteiger partial charge on any atom is -0.481 e. The predicted molar refractivity (Wildman–Crippen MR) is 128 cm³/mol. The number of hydrogen-bond donors (Lipinski definition) is 3. The summed E-state index contributed by atoms with van der Waals surface area (Å²) in [4.78, 5) is 36.9. The van der Waals surface area contributed by atoms with Gasteiger partial charge in [-0.25, -0.2) is 4.79 Å². The van der Waals surface area contributed by atoms with E-state index < -0.39 is 24.0 Å². The smallest absolute Gasteiger partial charge is 0.407 e. The van der Waals surface area contributed by atoms with E-state index in [1.807, 2.05) is 38.1 Å². The molecule has 0 aromatic heterocycles. The van der Waals surface area contributed by atoms with Crippen LogP contribution in [0.1, 0.15) is 50.2 Å². The normalized spacial score (nSPS) is 16.3. The molecule has 0 radical (unpaired) electrons. The van der Waals surface area contributed by atoms with Crippen molar-refractivity contribution in [2.45, 2.75) is 45.1 Å². The molecule has 7 heteroatoms. The molecule has 2 aromatic carbocycles. The molecule has 2 aromatic rings. The van der Waals surface area contributed by atoms with Crippen LogP contribution in [-0.4, -0.2) is 42.3 Å². The number of nitrogens with one attached hydrogen (secondary N) is 2. The van der Waals surface area contributed by atoms with Gasteiger partial charge in [-0.15, -0.1) is 0 Å². The molecule has 1 fully saturated rings. The molecule has 2 aliphatic carbocycles. The van der Waals surface area contributed by atoms with Crippen molar-refractivity contribution in [3.63, 3.8) is 0 Å². The van der Waals surface area contributed by atoms with Gasteiger partial charge in [-0.3, -0.25) is 9.59 Å². The van der Waals surface area contributed by atoms with Crippen LogP contribution in [-0.2, 0) is 14.3 Å². The first kappa shape index (κ1) is 23.8. The summed E-state index contributed by atoms with van der Waals surface area (Å²) < 4.78 is 5.59. The highest BCUT2D eigenvalue weighted by Crippen LogP contribution is 2.44. The number of carbonyl (C=O) groups is 3. The Hall–Kier alpha value is -3.35. The van der Waals surface area contributed by atoms with Gasteiger partial charge in [-0.1, -0.05) is 62.4 Å². The summed E-state index contributed by atoms with van der Waals surface area (Å²) in [7, 11) is 0. The maximum absolute atomic E-state index is 12.8. The van der Waals surface area contributed by atoms with Crippen LogP contribution in [0.5, 0.6) is 0 Å². The summed E-state index contributed by atoms with van der Waals surface area (Å²) in [5, 5.41) is 14.9. The van der Waals surface area contributed by atoms with Crippen molar-refractivity contribution in [1.29, 1.82) is 0 Å². The van der Waals surface area contributed by atoms with E-state index in [0.29, 0.717) is 6.42 Å². The number of rotatable bonds is 10. The van der Waals surface area contributed by atoms with Crippen molar-refractivity contribution in [3.05, 3.63) is 59.7 Å². The third-order valence-corrected chi connectivity index (χ3v) is 6.62. The quantitative estimate of drug-likeness (QED) is 0.490. The molecule has 34 heavy (non-hydrogen) atoms. The van der Waals surface area contributed by atoms with Gasteiger partial charge in [0, 0.05) is 12.5 Å². The highest BCUT2D eigenvalue weighted by atomic mass is 16.5. The highest BCUT2D eigenvalue weighted by molar-refractivity contribution is 5.87. The fraction of sp³-hybridized carbons (Fsp3) is 0.444. The number of fused-ring (bicyclic) bond motifs is 3. The zero-order chi connectivity index (χ0) is 24.2. The number of aliphatic carboxylic acids is 1. The van der Waals surface area contributed by atoms with Gasteiger partial charge in [0.05, 0.1) is 5.92 Å². The number of benzene rings is 2. The molecule has 7 nitrogen and oxygen atoms in total. The minimum absolute atomic E-state index is 0.0436. The van der Waals surface area contributed by atoms with E-state index in [4.69, 9.17) is 4.74 Å². The Morgan fingerprint density at radius 1 is 1.00 bits per heavy atom. The fourth-order valence-corrected chi connectivity index (χ4v) is 4.77. The van der Waals surface area contributed by atoms with Crippen LogP contribution in [0.4, 0.5) is 4.79 Å². The lowest BCUT2D eigenvalue weighted by atomic mass is 9.97. The fourth-order valence-electron chi connectivity index (χ4n) is 4.77. The third-order valence-electron chi connectivity index (χ3n) is 6.62. The van der Waals surface area contributed by atoms with Gasteiger partial charge in [0.25, 0.3) is 0 Å². The molecular weight excluding hydrogens is 432 g/mol. The molecular formula is C27H32N2O5. The second-order valence-corrected chi connectivity index (χ2v) is 9.69. The van der Waals surface area contributed by atoms with E-state index in [2.05, 4.69) is 34.9 Å². The Morgan fingerprint density at radius 3 is 2.12 bits per heavy atom. The van der Waals surface area contributed by atoms with Crippen LogP contribution in [0.25, 0.3) is 11.1 Å². The van der Waals surface area contributed by atoms with E-state index in [9.17, 15) is 19.5 Å². The predicted octanol–water partition coefficient (Wildman–Crippen LogP) is 4.17. The summed E-state index contributed by atoms with van der Waals surface area (Å²) in [5.41, 5.74) is 4.55. The Balaban J connectivity index is 1.35. The SMILES string of the molecule is CC(C)CC(CNC(=O)C(NC(=O)OCC1c2ccccc2-c2ccccc21)C1CC1)C(=O)O. The number of carboxylic acids is 1. The van der Waals surface area contributed by atoms with Gasteiger partial charge >= 0.3 is 12.1 Å². The van der Waals surface area contributed by atoms with Gasteiger partial charge in [0.15, 0.2) is 0 Å². The van der Waals surface area contributed by atoms with Crippen LogP contribution < -0.4 is 10.6 Å². The first-order valence-electron chi connectivity index (χ1n) is 12.0. The number of carboxylic acid groups (broad SMARTS) is 1. The first-order valence-corrected chi connectivity index (χ1v) is 12.0. The second kappa shape index (κ2) is 10.3. The lowest BCUT2D eigenvalue weighted by Gasteiger charge is -2.21. The monoisotopic (exact) mass is 464 g/mol. The van der Waals surface area contributed by atoms with Crippen LogP contribution in [0.3, 0.4) is 0 Å². The maximum atomic E-state index is 12.8. The molecule has 3 N–H and O–H groups in total. The summed E-state index contributed by atoms with van der Waals surface area (Å²) in [6.07, 6.45) is 1.53. The maximum Gasteiger partial charge on any atom is 0.407 e. The van der Waals surface area contributed by atoms with Gasteiger partial charge in [-0.05, 0) is 53.4 Å². The lowest BCUT2D eigenvalue weighted by Crippen LogP contribution is -2.49. The Labute approximate surface area is 199 Å². The zero-order valence-electron chi connectivity index (χ0n) is 19.6. The highest BCUT2D eigenvalue weighted by Gasteiger charge is 2.38. The third kappa shape index (κ3) is 5.41. The number of carbonyl (C=O) groups excluding carboxylic acids is 2. The second-order valence-electron chi connectivity index (χ2n) is 9.69. The summed E-state index contributed by atoms with van der Waals surface area (Å²) in [6.45, 7) is 4.11. The van der Waals surface area contributed by atoms with Crippen LogP contribution >= 0.6 is 0 Å². The Bertz CT molecular complexity index is 1020. The summed E-state index contributed by atoms with van der Waals surface area (Å²) >= 11 is 0. The molecule has 2 unspecified atom stereocenters. The van der Waals surface area contributed by atoms with Crippen LogP contribution in [0.2, 0.25) is 0 Å². The van der Waals surface area contributed by atoms with Crippen molar-refractivity contribution in [2.24, 2.45) is 17.8 Å². The molecule has 0 bridgehead atoms. The van der Waals surface area contributed by atoms with E-state index >= 15 is 0 Å². The number of alkyl carbamates (subject to hydrolysis) is 1. The molecule has 2 amide bonds. The number of ether oxygens (including phenoxy) is 1. The zero-order valence-corrected chi connectivity index (χ0v) is 19.6. The molecule has 0 spiro atoms. The standard InChI is InChI=1S/C27H32N2O5/c1-16(2)13-18(26(31)32)14-28-25(30)24(17-11-12-17)29-27(33)34-15-23-21-9-5-3-7-19(21)20-8-4-6-10-22(20)23/h3-10,16-18,23-24H,11-15H2,1-2H3,(H,28,30)(H,29,33)(H,31,32). The van der Waals surface area contributed by atoms with E-state index in [1.165, 1.54) is 0 Å². The number of amides is 2. The molecule has 180 valence electrons. The van der Waals surface area contributed by atoms with Crippen molar-refractivity contribution in [3.8, 4) is 11.1 Å². The lowest BCUT2D eigenvalue weighted by molar-refractivity contribution is -0.142. The molecule has 2 atom stereocenters. The average Bonchev–Trinajstić information content (AvgIpc) is 3.61. The van der Waals surface area contributed by atoms with Gasteiger partial charge < -0.3 is 20.5 Å². The average molecular weight is 465 g/mol. The van der Waals surface area contributed by atoms with E-state index in [1.54, 1.807) is 0 Å². The Kier molecular flexibility index (Phi) is 7.20. The largest absolute Gasteiger partial charge is 0.481 e. The van der Waals surface area contributed by atoms with Crippen molar-refractivity contribution < 1.29 is 24.2 Å². The Morgan fingerprint density at radius 2 is 1.59 bits per heavy atom. The molecule has 2 aliphatic rings. The van der Waals surface area contributed by atoms with Crippen molar-refractivity contribution >= 4 is 18.0 Å². The molecule has 0 saturated heterocycles.